The molecule has 0 radical (unpaired) electrons. The molecule has 1 heterocycles. The molecule has 2 N–H and O–H groups in total. The average Bonchev–Trinajstić information content (AvgIpc) is 2.39. The molecule has 0 saturated carbocycles. The highest BCUT2D eigenvalue weighted by atomic mass is 35.5. The Morgan fingerprint density at radius 2 is 2.33 bits per heavy atom. The number of carbonyl (C=O) groups is 1. The molecule has 18 heavy (non-hydrogen) atoms. The maximum absolute atomic E-state index is 11.9. The maximum Gasteiger partial charge on any atom is 0.252 e. The molecule has 0 spiro atoms. The van der Waals surface area contributed by atoms with E-state index in [4.69, 9.17) is 11.6 Å². The number of carbonyl (C=O) groups excluding carboxylic acids is 1. The second-order valence-electron chi connectivity index (χ2n) is 3.61. The SMILES string of the molecule is CCSCCCNC(=O)c1cc(NC)ncc1Cl. The van der Waals surface area contributed by atoms with Crippen LogP contribution in [0.5, 0.6) is 0 Å². The second-order valence-corrected chi connectivity index (χ2v) is 5.41. The van der Waals surface area contributed by atoms with E-state index in [-0.39, 0.29) is 5.91 Å². The Balaban J connectivity index is 2.50. The third-order valence-corrected chi connectivity index (χ3v) is 3.60. The number of aromatic nitrogens is 1. The monoisotopic (exact) mass is 287 g/mol. The summed E-state index contributed by atoms with van der Waals surface area (Å²) in [4.78, 5) is 15.9. The van der Waals surface area contributed by atoms with E-state index >= 15 is 0 Å². The van der Waals surface area contributed by atoms with Crippen LogP contribution >= 0.6 is 23.4 Å². The van der Waals surface area contributed by atoms with E-state index in [1.165, 1.54) is 6.20 Å². The van der Waals surface area contributed by atoms with Crippen molar-refractivity contribution in [1.82, 2.24) is 10.3 Å². The quantitative estimate of drug-likeness (QED) is 0.757. The maximum atomic E-state index is 11.9. The standard InChI is InChI=1S/C12H18ClN3OS/c1-3-18-6-4-5-15-12(17)9-7-11(14-2)16-8-10(9)13/h7-8H,3-6H2,1-2H3,(H,14,16)(H,15,17). The lowest BCUT2D eigenvalue weighted by molar-refractivity contribution is 0.0954. The third-order valence-electron chi connectivity index (χ3n) is 2.31. The number of nitrogens with zero attached hydrogens (tertiary/aromatic N) is 1. The van der Waals surface area contributed by atoms with Crippen molar-refractivity contribution in [3.05, 3.63) is 22.8 Å². The molecule has 0 aliphatic heterocycles. The van der Waals surface area contributed by atoms with Crippen molar-refractivity contribution in [1.29, 1.82) is 0 Å². The molecule has 1 rings (SSSR count). The molecule has 1 amide bonds. The summed E-state index contributed by atoms with van der Waals surface area (Å²) in [6, 6.07) is 1.65. The minimum atomic E-state index is -0.152. The van der Waals surface area contributed by atoms with Crippen molar-refractivity contribution >= 4 is 35.1 Å². The first kappa shape index (κ1) is 15.1. The molecule has 0 unspecified atom stereocenters. The van der Waals surface area contributed by atoms with Gasteiger partial charge in [-0.05, 0) is 24.0 Å². The molecule has 1 aromatic heterocycles. The van der Waals surface area contributed by atoms with Gasteiger partial charge in [0, 0.05) is 19.8 Å². The molecule has 6 heteroatoms. The molecule has 0 saturated heterocycles. The van der Waals surface area contributed by atoms with Crippen molar-refractivity contribution in [2.45, 2.75) is 13.3 Å². The fourth-order valence-electron chi connectivity index (χ4n) is 1.37. The Labute approximate surface area is 117 Å². The van der Waals surface area contributed by atoms with Crippen LogP contribution in [0, 0.1) is 0 Å². The molecule has 0 aliphatic carbocycles. The predicted molar refractivity (Wildman–Crippen MR) is 78.7 cm³/mol. The molecule has 0 aliphatic rings. The molecule has 100 valence electrons. The zero-order valence-corrected chi connectivity index (χ0v) is 12.2. The zero-order valence-electron chi connectivity index (χ0n) is 10.6. The number of halogens is 1. The molecular weight excluding hydrogens is 270 g/mol. The lowest BCUT2D eigenvalue weighted by atomic mass is 10.2. The van der Waals surface area contributed by atoms with Gasteiger partial charge >= 0.3 is 0 Å². The largest absolute Gasteiger partial charge is 0.373 e. The van der Waals surface area contributed by atoms with Crippen molar-refractivity contribution in [3.63, 3.8) is 0 Å². The summed E-state index contributed by atoms with van der Waals surface area (Å²) < 4.78 is 0. The number of rotatable bonds is 7. The Hall–Kier alpha value is -0.940. The van der Waals surface area contributed by atoms with Crippen LogP contribution in [0.2, 0.25) is 5.02 Å². The van der Waals surface area contributed by atoms with Crippen LogP contribution in [0.4, 0.5) is 5.82 Å². The first-order chi connectivity index (χ1) is 8.69. The van der Waals surface area contributed by atoms with Gasteiger partial charge in [-0.3, -0.25) is 4.79 Å². The molecule has 0 aromatic carbocycles. The van der Waals surface area contributed by atoms with Crippen LogP contribution < -0.4 is 10.6 Å². The van der Waals surface area contributed by atoms with E-state index in [1.54, 1.807) is 13.1 Å². The van der Waals surface area contributed by atoms with Gasteiger partial charge in [-0.1, -0.05) is 18.5 Å². The summed E-state index contributed by atoms with van der Waals surface area (Å²) in [6.45, 7) is 2.79. The first-order valence-corrected chi connectivity index (χ1v) is 7.41. The van der Waals surface area contributed by atoms with Gasteiger partial charge in [0.05, 0.1) is 10.6 Å². The fourth-order valence-corrected chi connectivity index (χ4v) is 2.19. The molecule has 1 aromatic rings. The fraction of sp³-hybridized carbons (Fsp3) is 0.500. The number of pyridine rings is 1. The van der Waals surface area contributed by atoms with E-state index in [1.807, 2.05) is 11.8 Å². The van der Waals surface area contributed by atoms with E-state index in [0.29, 0.717) is 22.9 Å². The summed E-state index contributed by atoms with van der Waals surface area (Å²) in [7, 11) is 1.75. The van der Waals surface area contributed by atoms with E-state index < -0.39 is 0 Å². The van der Waals surface area contributed by atoms with Crippen molar-refractivity contribution < 1.29 is 4.79 Å². The number of anilines is 1. The Kier molecular flexibility index (Phi) is 6.90. The van der Waals surface area contributed by atoms with E-state index in [2.05, 4.69) is 22.5 Å². The summed E-state index contributed by atoms with van der Waals surface area (Å²) in [5.74, 6) is 2.64. The highest BCUT2D eigenvalue weighted by molar-refractivity contribution is 7.99. The molecule has 4 nitrogen and oxygen atoms in total. The van der Waals surface area contributed by atoms with Crippen LogP contribution in [0.15, 0.2) is 12.3 Å². The van der Waals surface area contributed by atoms with Crippen LogP contribution in [0.25, 0.3) is 0 Å². The molecule has 0 bridgehead atoms. The smallest absolute Gasteiger partial charge is 0.252 e. The lowest BCUT2D eigenvalue weighted by Gasteiger charge is -2.08. The normalized spacial score (nSPS) is 10.2. The average molecular weight is 288 g/mol. The minimum Gasteiger partial charge on any atom is -0.373 e. The first-order valence-electron chi connectivity index (χ1n) is 5.88. The number of amides is 1. The number of hydrogen-bond donors (Lipinski definition) is 2. The molecular formula is C12H18ClN3OS. The predicted octanol–water partition coefficient (Wildman–Crippen LogP) is 2.65. The van der Waals surface area contributed by atoms with E-state index in [9.17, 15) is 4.79 Å². The van der Waals surface area contributed by atoms with Crippen molar-refractivity contribution in [3.8, 4) is 0 Å². The number of nitrogens with one attached hydrogen (secondary N) is 2. The van der Waals surface area contributed by atoms with Crippen LogP contribution in [0.1, 0.15) is 23.7 Å². The Morgan fingerprint density at radius 3 is 3.00 bits per heavy atom. The van der Waals surface area contributed by atoms with Crippen molar-refractivity contribution in [2.24, 2.45) is 0 Å². The highest BCUT2D eigenvalue weighted by Gasteiger charge is 2.11. The van der Waals surface area contributed by atoms with Gasteiger partial charge < -0.3 is 10.6 Å². The number of thioether (sulfide) groups is 1. The Morgan fingerprint density at radius 1 is 1.56 bits per heavy atom. The van der Waals surface area contributed by atoms with Gasteiger partial charge in [0.15, 0.2) is 0 Å². The summed E-state index contributed by atoms with van der Waals surface area (Å²) in [5.41, 5.74) is 0.458. The third kappa shape index (κ3) is 4.74. The van der Waals surface area contributed by atoms with Gasteiger partial charge in [0.1, 0.15) is 5.82 Å². The van der Waals surface area contributed by atoms with Crippen LogP contribution in [0.3, 0.4) is 0 Å². The second kappa shape index (κ2) is 8.21. The van der Waals surface area contributed by atoms with Crippen LogP contribution in [-0.2, 0) is 0 Å². The highest BCUT2D eigenvalue weighted by Crippen LogP contribution is 2.17. The van der Waals surface area contributed by atoms with Gasteiger partial charge in [0.25, 0.3) is 5.91 Å². The number of hydrogen-bond acceptors (Lipinski definition) is 4. The summed E-state index contributed by atoms with van der Waals surface area (Å²) in [5, 5.41) is 6.11. The van der Waals surface area contributed by atoms with E-state index in [0.717, 1.165) is 17.9 Å². The molecule has 0 atom stereocenters. The molecule has 0 fully saturated rings. The van der Waals surface area contributed by atoms with Gasteiger partial charge in [-0.15, -0.1) is 0 Å². The van der Waals surface area contributed by atoms with Crippen LogP contribution in [-0.4, -0.2) is 36.0 Å². The zero-order chi connectivity index (χ0) is 13.4. The van der Waals surface area contributed by atoms with Gasteiger partial charge in [-0.25, -0.2) is 4.98 Å². The van der Waals surface area contributed by atoms with Crippen molar-refractivity contribution in [2.75, 3.05) is 30.4 Å². The van der Waals surface area contributed by atoms with Gasteiger partial charge in [0.2, 0.25) is 0 Å². The topological polar surface area (TPSA) is 54.0 Å². The Bertz CT molecular complexity index is 401. The van der Waals surface area contributed by atoms with Gasteiger partial charge in [-0.2, -0.15) is 11.8 Å². The minimum absolute atomic E-state index is 0.152. The summed E-state index contributed by atoms with van der Waals surface area (Å²) in [6.07, 6.45) is 2.45. The summed E-state index contributed by atoms with van der Waals surface area (Å²) >= 11 is 7.82. The lowest BCUT2D eigenvalue weighted by Crippen LogP contribution is -2.25.